The first kappa shape index (κ1) is 24.3. The third-order valence-electron chi connectivity index (χ3n) is 5.84. The van der Waals surface area contributed by atoms with Gasteiger partial charge >= 0.3 is 0 Å². The predicted molar refractivity (Wildman–Crippen MR) is 139 cm³/mol. The second-order valence-corrected chi connectivity index (χ2v) is 10.5. The predicted octanol–water partition coefficient (Wildman–Crippen LogP) is 3.60. The minimum atomic E-state index is -1.27. The number of hydrogen-bond acceptors (Lipinski definition) is 7. The van der Waals surface area contributed by atoms with E-state index in [4.69, 9.17) is 0 Å². The molecule has 1 aliphatic rings. The largest absolute Gasteiger partial charge is 0.339 e. The Morgan fingerprint density at radius 2 is 1.71 bits per heavy atom. The molecule has 1 saturated heterocycles. The van der Waals surface area contributed by atoms with Crippen LogP contribution in [0.2, 0.25) is 0 Å². The van der Waals surface area contributed by atoms with Gasteiger partial charge in [-0.2, -0.15) is 4.98 Å². The van der Waals surface area contributed by atoms with Gasteiger partial charge in [-0.1, -0.05) is 24.3 Å². The molecular weight excluding hydrogens is 446 g/mol. The summed E-state index contributed by atoms with van der Waals surface area (Å²) in [7, 11) is 4.50. The third kappa shape index (κ3) is 6.18. The van der Waals surface area contributed by atoms with E-state index < -0.39 is 11.0 Å². The Bertz CT molecular complexity index is 1130. The van der Waals surface area contributed by atoms with Gasteiger partial charge in [0, 0.05) is 50.2 Å². The number of aryl methyl sites for hydroxylation is 1. The van der Waals surface area contributed by atoms with E-state index in [1.54, 1.807) is 24.6 Å². The van der Waals surface area contributed by atoms with Crippen molar-refractivity contribution >= 4 is 34.1 Å². The molecule has 34 heavy (non-hydrogen) atoms. The van der Waals surface area contributed by atoms with Crippen LogP contribution in [0.4, 0.5) is 23.1 Å². The monoisotopic (exact) mass is 479 g/mol. The van der Waals surface area contributed by atoms with Crippen molar-refractivity contribution in [2.24, 2.45) is 0 Å². The molecule has 1 aliphatic heterocycles. The van der Waals surface area contributed by atoms with Crippen molar-refractivity contribution < 1.29 is 4.21 Å². The maximum absolute atomic E-state index is 12.7. The fraction of sp³-hybridized carbons (Fsp3) is 0.360. The molecular formula is C25H33N7OS. The van der Waals surface area contributed by atoms with Crippen LogP contribution in [0, 0.1) is 6.92 Å². The molecule has 0 amide bonds. The number of nitrogens with zero attached hydrogens (tertiary/aromatic N) is 5. The molecule has 2 heterocycles. The van der Waals surface area contributed by atoms with Gasteiger partial charge in [-0.15, -0.1) is 0 Å². The van der Waals surface area contributed by atoms with Crippen molar-refractivity contribution in [3.63, 3.8) is 0 Å². The summed E-state index contributed by atoms with van der Waals surface area (Å²) in [6.07, 6.45) is 1.78. The molecule has 0 saturated carbocycles. The van der Waals surface area contributed by atoms with E-state index in [1.165, 1.54) is 5.56 Å². The summed E-state index contributed by atoms with van der Waals surface area (Å²) >= 11 is 0. The minimum Gasteiger partial charge on any atom is -0.339 e. The van der Waals surface area contributed by atoms with Crippen LogP contribution in [0.25, 0.3) is 0 Å². The van der Waals surface area contributed by atoms with Gasteiger partial charge in [0.25, 0.3) is 0 Å². The summed E-state index contributed by atoms with van der Waals surface area (Å²) in [5, 5.41) is 6.64. The lowest BCUT2D eigenvalue weighted by molar-refractivity contribution is 0.148. The van der Waals surface area contributed by atoms with Crippen molar-refractivity contribution in [3.05, 3.63) is 65.9 Å². The normalized spacial score (nSPS) is 15.9. The van der Waals surface area contributed by atoms with Gasteiger partial charge in [0.05, 0.1) is 10.6 Å². The molecule has 0 spiro atoms. The van der Waals surface area contributed by atoms with Gasteiger partial charge in [-0.3, -0.25) is 4.90 Å². The maximum atomic E-state index is 12.7. The second kappa shape index (κ2) is 11.1. The topological polar surface area (TPSA) is 76.6 Å². The minimum absolute atomic E-state index is 0.506. The SMILES string of the molecule is Cc1cnc(Nc2ccc(CN3CCN(C)CC3)cc2)nc1Nc1ccccc1S(=O)N(C)C. The molecule has 180 valence electrons. The molecule has 3 aromatic rings. The molecule has 1 atom stereocenters. The smallest absolute Gasteiger partial charge is 0.229 e. The third-order valence-corrected chi connectivity index (χ3v) is 7.24. The van der Waals surface area contributed by atoms with Crippen LogP contribution in [-0.4, -0.2) is 75.6 Å². The fourth-order valence-corrected chi connectivity index (χ4v) is 4.66. The molecule has 9 heteroatoms. The average Bonchev–Trinajstić information content (AvgIpc) is 2.84. The van der Waals surface area contributed by atoms with E-state index in [1.807, 2.05) is 31.2 Å². The molecule has 0 aliphatic carbocycles. The van der Waals surface area contributed by atoms with Gasteiger partial charge in [-0.05, 0) is 57.9 Å². The van der Waals surface area contributed by atoms with Crippen LogP contribution in [0.3, 0.4) is 0 Å². The van der Waals surface area contributed by atoms with E-state index in [9.17, 15) is 4.21 Å². The van der Waals surface area contributed by atoms with Gasteiger partial charge < -0.3 is 15.5 Å². The van der Waals surface area contributed by atoms with Crippen LogP contribution in [0.15, 0.2) is 59.6 Å². The zero-order chi connectivity index (χ0) is 24.1. The molecule has 0 bridgehead atoms. The van der Waals surface area contributed by atoms with E-state index in [-0.39, 0.29) is 0 Å². The Balaban J connectivity index is 1.44. The average molecular weight is 480 g/mol. The highest BCUT2D eigenvalue weighted by Gasteiger charge is 2.15. The Hall–Kier alpha value is -2.85. The first-order valence-electron chi connectivity index (χ1n) is 11.4. The lowest BCUT2D eigenvalue weighted by Crippen LogP contribution is -2.43. The van der Waals surface area contributed by atoms with Crippen LogP contribution >= 0.6 is 0 Å². The highest BCUT2D eigenvalue weighted by Crippen LogP contribution is 2.26. The summed E-state index contributed by atoms with van der Waals surface area (Å²) in [5.74, 6) is 1.18. The number of benzene rings is 2. The fourth-order valence-electron chi connectivity index (χ4n) is 3.76. The maximum Gasteiger partial charge on any atom is 0.229 e. The molecule has 1 aromatic heterocycles. The number of nitrogens with one attached hydrogen (secondary N) is 2. The molecule has 2 aromatic carbocycles. The van der Waals surface area contributed by atoms with Crippen molar-refractivity contribution in [2.45, 2.75) is 18.4 Å². The van der Waals surface area contributed by atoms with E-state index >= 15 is 0 Å². The van der Waals surface area contributed by atoms with Crippen molar-refractivity contribution in [1.82, 2.24) is 24.1 Å². The number of likely N-dealkylation sites (N-methyl/N-ethyl adjacent to an activating group) is 1. The molecule has 8 nitrogen and oxygen atoms in total. The van der Waals surface area contributed by atoms with Gasteiger partial charge in [0.15, 0.2) is 0 Å². The highest BCUT2D eigenvalue weighted by atomic mass is 32.2. The molecule has 1 fully saturated rings. The number of hydrogen-bond donors (Lipinski definition) is 2. The van der Waals surface area contributed by atoms with Crippen molar-refractivity contribution in [3.8, 4) is 0 Å². The van der Waals surface area contributed by atoms with Crippen molar-refractivity contribution in [2.75, 3.05) is 58.0 Å². The first-order valence-corrected chi connectivity index (χ1v) is 12.6. The van der Waals surface area contributed by atoms with E-state index in [0.717, 1.165) is 49.7 Å². The zero-order valence-corrected chi connectivity index (χ0v) is 21.1. The van der Waals surface area contributed by atoms with Crippen LogP contribution in [0.1, 0.15) is 11.1 Å². The van der Waals surface area contributed by atoms with Crippen LogP contribution in [-0.2, 0) is 17.5 Å². The quantitative estimate of drug-likeness (QED) is 0.511. The van der Waals surface area contributed by atoms with Gasteiger partial charge in [0.2, 0.25) is 5.95 Å². The summed E-state index contributed by atoms with van der Waals surface area (Å²) in [6.45, 7) is 7.37. The van der Waals surface area contributed by atoms with Gasteiger partial charge in [-0.25, -0.2) is 13.5 Å². The number of para-hydroxylation sites is 1. The summed E-state index contributed by atoms with van der Waals surface area (Å²) in [5.41, 5.74) is 3.90. The Morgan fingerprint density at radius 3 is 2.41 bits per heavy atom. The zero-order valence-electron chi connectivity index (χ0n) is 20.3. The molecule has 1 unspecified atom stereocenters. The summed E-state index contributed by atoms with van der Waals surface area (Å²) in [4.78, 5) is 14.7. The lowest BCUT2D eigenvalue weighted by Gasteiger charge is -2.32. The van der Waals surface area contributed by atoms with Crippen molar-refractivity contribution in [1.29, 1.82) is 0 Å². The highest BCUT2D eigenvalue weighted by molar-refractivity contribution is 7.82. The number of aromatic nitrogens is 2. The Morgan fingerprint density at radius 1 is 1.00 bits per heavy atom. The summed E-state index contributed by atoms with van der Waals surface area (Å²) in [6, 6.07) is 16.0. The number of rotatable bonds is 8. The number of piperazine rings is 1. The van der Waals surface area contributed by atoms with E-state index in [2.05, 4.69) is 61.7 Å². The molecule has 2 N–H and O–H groups in total. The Kier molecular flexibility index (Phi) is 7.89. The standard InChI is InChI=1S/C25H33N7OS/c1-19-17-26-25(29-24(19)28-22-7-5-6-8-23(22)34(33)30(2)3)27-21-11-9-20(10-12-21)18-32-15-13-31(4)14-16-32/h5-12,17H,13-16,18H2,1-4H3,(H2,26,27,28,29). The van der Waals surface area contributed by atoms with Crippen LogP contribution < -0.4 is 10.6 Å². The van der Waals surface area contributed by atoms with E-state index in [0.29, 0.717) is 16.7 Å². The summed E-state index contributed by atoms with van der Waals surface area (Å²) < 4.78 is 14.3. The molecule has 4 rings (SSSR count). The van der Waals surface area contributed by atoms with Gasteiger partial charge in [0.1, 0.15) is 16.8 Å². The molecule has 0 radical (unpaired) electrons. The first-order chi connectivity index (χ1) is 16.4. The van der Waals surface area contributed by atoms with Crippen LogP contribution in [0.5, 0.6) is 0 Å². The Labute approximate surface area is 204 Å². The number of anilines is 4. The second-order valence-electron chi connectivity index (χ2n) is 8.81. The lowest BCUT2D eigenvalue weighted by atomic mass is 10.2.